The smallest absolute Gasteiger partial charge is 0.227 e. The van der Waals surface area contributed by atoms with Gasteiger partial charge >= 0.3 is 0 Å². The van der Waals surface area contributed by atoms with Crippen molar-refractivity contribution in [3.05, 3.63) is 48.5 Å². The Bertz CT molecular complexity index is 1190. The van der Waals surface area contributed by atoms with Crippen LogP contribution in [0.5, 0.6) is 0 Å². The van der Waals surface area contributed by atoms with Crippen LogP contribution in [-0.4, -0.2) is 16.8 Å². The van der Waals surface area contributed by atoms with E-state index in [4.69, 9.17) is 0 Å². The lowest BCUT2D eigenvalue weighted by Gasteiger charge is -2.27. The molecule has 0 saturated heterocycles. The van der Waals surface area contributed by atoms with E-state index in [-0.39, 0.29) is 23.7 Å². The van der Waals surface area contributed by atoms with E-state index in [1.54, 1.807) is 0 Å². The lowest BCUT2D eigenvalue weighted by Crippen LogP contribution is -2.30. The average Bonchev–Trinajstić information content (AvgIpc) is 3.28. The van der Waals surface area contributed by atoms with Crippen molar-refractivity contribution in [2.75, 3.05) is 10.6 Å². The molecule has 3 aromatic rings. The zero-order valence-electron chi connectivity index (χ0n) is 20.9. The monoisotopic (exact) mass is 471 g/mol. The van der Waals surface area contributed by atoms with Gasteiger partial charge in [-0.05, 0) is 92.3 Å². The van der Waals surface area contributed by atoms with Gasteiger partial charge in [0.25, 0.3) is 0 Å². The van der Waals surface area contributed by atoms with Gasteiger partial charge in [-0.1, -0.05) is 38.8 Å². The first-order valence-electron chi connectivity index (χ1n) is 13.3. The summed E-state index contributed by atoms with van der Waals surface area (Å²) in [6.45, 7) is 4.46. The fourth-order valence-corrected chi connectivity index (χ4v) is 5.81. The van der Waals surface area contributed by atoms with E-state index in [1.165, 1.54) is 6.42 Å². The normalized spacial score (nSPS) is 24.7. The van der Waals surface area contributed by atoms with Crippen molar-refractivity contribution in [1.29, 1.82) is 0 Å². The number of carbonyl (C=O) groups excluding carboxylic acids is 2. The van der Waals surface area contributed by atoms with Crippen LogP contribution in [0.3, 0.4) is 0 Å². The summed E-state index contributed by atoms with van der Waals surface area (Å²) < 4.78 is 0. The van der Waals surface area contributed by atoms with Crippen LogP contribution in [0.4, 0.5) is 11.4 Å². The van der Waals surface area contributed by atoms with Gasteiger partial charge in [-0.3, -0.25) is 9.59 Å². The molecule has 2 aliphatic rings. The van der Waals surface area contributed by atoms with Crippen LogP contribution >= 0.6 is 0 Å². The highest BCUT2D eigenvalue weighted by molar-refractivity contribution is 5.96. The lowest BCUT2D eigenvalue weighted by molar-refractivity contribution is -0.122. The number of H-pyrrole nitrogens is 1. The molecule has 35 heavy (non-hydrogen) atoms. The second kappa shape index (κ2) is 10.3. The number of anilines is 2. The SMILES string of the molecule is CC1CCC(C(=O)Nc2ccc(-c3cc4cc(NC(=O)C5CCCCC5C)ccc4[nH]3)cc2)CC1. The number of aromatic amines is 1. The average molecular weight is 472 g/mol. The molecule has 2 amide bonds. The summed E-state index contributed by atoms with van der Waals surface area (Å²) in [5.41, 5.74) is 4.81. The van der Waals surface area contributed by atoms with Gasteiger partial charge in [-0.2, -0.15) is 0 Å². The number of nitrogens with one attached hydrogen (secondary N) is 3. The number of carbonyl (C=O) groups is 2. The van der Waals surface area contributed by atoms with E-state index in [1.807, 2.05) is 42.5 Å². The minimum atomic E-state index is 0.113. The second-order valence-corrected chi connectivity index (χ2v) is 10.9. The van der Waals surface area contributed by atoms with Gasteiger partial charge in [0.2, 0.25) is 11.8 Å². The van der Waals surface area contributed by atoms with Crippen molar-refractivity contribution in [3.63, 3.8) is 0 Å². The highest BCUT2D eigenvalue weighted by Crippen LogP contribution is 2.32. The molecule has 1 aromatic heterocycles. The Kier molecular flexibility index (Phi) is 6.94. The van der Waals surface area contributed by atoms with E-state index in [0.29, 0.717) is 5.92 Å². The highest BCUT2D eigenvalue weighted by atomic mass is 16.2. The molecule has 2 atom stereocenters. The van der Waals surface area contributed by atoms with Crippen molar-refractivity contribution in [1.82, 2.24) is 4.98 Å². The first-order valence-corrected chi connectivity index (χ1v) is 13.3. The number of hydrogen-bond acceptors (Lipinski definition) is 2. The molecule has 2 unspecified atom stereocenters. The largest absolute Gasteiger partial charge is 0.355 e. The number of benzene rings is 2. The highest BCUT2D eigenvalue weighted by Gasteiger charge is 2.28. The summed E-state index contributed by atoms with van der Waals surface area (Å²) in [4.78, 5) is 28.9. The van der Waals surface area contributed by atoms with Crippen molar-refractivity contribution in [3.8, 4) is 11.3 Å². The van der Waals surface area contributed by atoms with Crippen LogP contribution in [0.15, 0.2) is 48.5 Å². The molecule has 3 N–H and O–H groups in total. The molecule has 2 aliphatic carbocycles. The molecule has 0 bridgehead atoms. The fourth-order valence-electron chi connectivity index (χ4n) is 5.81. The maximum absolute atomic E-state index is 12.8. The Hall–Kier alpha value is -3.08. The first-order chi connectivity index (χ1) is 17.0. The lowest BCUT2D eigenvalue weighted by atomic mass is 9.80. The molecule has 2 saturated carbocycles. The molecule has 5 heteroatoms. The van der Waals surface area contributed by atoms with E-state index in [9.17, 15) is 9.59 Å². The Morgan fingerprint density at radius 1 is 0.771 bits per heavy atom. The Balaban J connectivity index is 1.24. The molecule has 0 aliphatic heterocycles. The van der Waals surface area contributed by atoms with Crippen molar-refractivity contribution >= 4 is 34.1 Å². The molecule has 0 radical (unpaired) electrons. The molecular formula is C30H37N3O2. The van der Waals surface area contributed by atoms with E-state index >= 15 is 0 Å². The van der Waals surface area contributed by atoms with Gasteiger partial charge in [-0.25, -0.2) is 0 Å². The molecule has 2 fully saturated rings. The van der Waals surface area contributed by atoms with Gasteiger partial charge in [-0.15, -0.1) is 0 Å². The number of aromatic nitrogens is 1. The van der Waals surface area contributed by atoms with Crippen LogP contribution in [0.25, 0.3) is 22.2 Å². The number of amides is 2. The topological polar surface area (TPSA) is 74.0 Å². The predicted octanol–water partition coefficient (Wildman–Crippen LogP) is 7.36. The van der Waals surface area contributed by atoms with E-state index in [2.05, 4.69) is 35.5 Å². The zero-order chi connectivity index (χ0) is 24.4. The summed E-state index contributed by atoms with van der Waals surface area (Å²) in [6, 6.07) is 16.2. The standard InChI is InChI=1S/C30H37N3O2/c1-19-7-9-22(10-8-19)29(34)31-24-13-11-21(12-14-24)28-18-23-17-25(15-16-27(23)33-28)32-30(35)26-6-4-3-5-20(26)2/h11-20,22,26,33H,3-10H2,1-2H3,(H,31,34)(H,32,35). The van der Waals surface area contributed by atoms with Gasteiger partial charge in [0.05, 0.1) is 0 Å². The molecule has 184 valence electrons. The Morgan fingerprint density at radius 2 is 1.46 bits per heavy atom. The number of hydrogen-bond donors (Lipinski definition) is 3. The molecule has 0 spiro atoms. The first kappa shape index (κ1) is 23.7. The maximum atomic E-state index is 12.8. The van der Waals surface area contributed by atoms with Crippen molar-refractivity contribution in [2.45, 2.75) is 65.2 Å². The van der Waals surface area contributed by atoms with Crippen molar-refractivity contribution in [2.24, 2.45) is 23.7 Å². The minimum Gasteiger partial charge on any atom is -0.355 e. The Labute approximate surface area is 208 Å². The zero-order valence-corrected chi connectivity index (χ0v) is 20.9. The fraction of sp³-hybridized carbons (Fsp3) is 0.467. The van der Waals surface area contributed by atoms with Gasteiger partial charge in [0.15, 0.2) is 0 Å². The van der Waals surface area contributed by atoms with Crippen molar-refractivity contribution < 1.29 is 9.59 Å². The van der Waals surface area contributed by atoms with Gasteiger partial charge in [0, 0.05) is 39.8 Å². The van der Waals surface area contributed by atoms with Gasteiger partial charge < -0.3 is 15.6 Å². The summed E-state index contributed by atoms with van der Waals surface area (Å²) in [5, 5.41) is 7.31. The number of fused-ring (bicyclic) bond motifs is 1. The molecular weight excluding hydrogens is 434 g/mol. The Morgan fingerprint density at radius 3 is 2.20 bits per heavy atom. The van der Waals surface area contributed by atoms with E-state index < -0.39 is 0 Å². The predicted molar refractivity (Wildman–Crippen MR) is 143 cm³/mol. The van der Waals surface area contributed by atoms with Crippen LogP contribution in [0.1, 0.15) is 65.2 Å². The summed E-state index contributed by atoms with van der Waals surface area (Å²) in [6.07, 6.45) is 8.76. The minimum absolute atomic E-state index is 0.113. The molecule has 2 aromatic carbocycles. The van der Waals surface area contributed by atoms with E-state index in [0.717, 1.165) is 84.4 Å². The van der Waals surface area contributed by atoms with Crippen LogP contribution in [0, 0.1) is 23.7 Å². The third-order valence-electron chi connectivity index (χ3n) is 8.19. The number of rotatable bonds is 5. The summed E-state index contributed by atoms with van der Waals surface area (Å²) in [5.74, 6) is 1.73. The van der Waals surface area contributed by atoms with Crippen LogP contribution in [-0.2, 0) is 9.59 Å². The third-order valence-corrected chi connectivity index (χ3v) is 8.19. The molecule has 1 heterocycles. The second-order valence-electron chi connectivity index (χ2n) is 10.9. The van der Waals surface area contributed by atoms with Gasteiger partial charge in [0.1, 0.15) is 0 Å². The quantitative estimate of drug-likeness (QED) is 0.363. The summed E-state index contributed by atoms with van der Waals surface area (Å²) >= 11 is 0. The molecule has 5 rings (SSSR count). The molecule has 5 nitrogen and oxygen atoms in total. The maximum Gasteiger partial charge on any atom is 0.227 e. The summed E-state index contributed by atoms with van der Waals surface area (Å²) in [7, 11) is 0. The van der Waals surface area contributed by atoms with Crippen LogP contribution in [0.2, 0.25) is 0 Å². The van der Waals surface area contributed by atoms with Crippen LogP contribution < -0.4 is 10.6 Å². The third kappa shape index (κ3) is 5.44.